The predicted octanol–water partition coefficient (Wildman–Crippen LogP) is 1.24. The van der Waals surface area contributed by atoms with E-state index in [0.29, 0.717) is 0 Å². The Morgan fingerprint density at radius 3 is 2.57 bits per heavy atom. The Morgan fingerprint density at radius 2 is 2.21 bits per heavy atom. The Morgan fingerprint density at radius 1 is 1.57 bits per heavy atom. The molecule has 0 aliphatic heterocycles. The van der Waals surface area contributed by atoms with Crippen LogP contribution >= 0.6 is 0 Å². The molecule has 0 radical (unpaired) electrons. The van der Waals surface area contributed by atoms with Crippen LogP contribution < -0.4 is 5.32 Å². The molecule has 1 aliphatic rings. The third-order valence-corrected chi connectivity index (χ3v) is 3.81. The maximum Gasteiger partial charge on any atom is 0.222 e. The van der Waals surface area contributed by atoms with Crippen molar-refractivity contribution in [3.05, 3.63) is 0 Å². The highest BCUT2D eigenvalue weighted by molar-refractivity contribution is 5.78. The molecule has 0 aromatic heterocycles. The molecule has 14 heavy (non-hydrogen) atoms. The number of nitrogens with one attached hydrogen (secondary N) is 1. The number of hydrogen-bond acceptors (Lipinski definition) is 2. The molecule has 2 unspecified atom stereocenters. The highest BCUT2D eigenvalue weighted by Crippen LogP contribution is 2.40. The summed E-state index contributed by atoms with van der Waals surface area (Å²) in [5, 5.41) is 2.75. The largest absolute Gasteiger partial charge is 0.359 e. The van der Waals surface area contributed by atoms with E-state index in [1.165, 1.54) is 0 Å². The van der Waals surface area contributed by atoms with Crippen LogP contribution in [0.15, 0.2) is 0 Å². The first kappa shape index (κ1) is 11.5. The maximum absolute atomic E-state index is 11.5. The fraction of sp³-hybridized carbons (Fsp3) is 0.909. The summed E-state index contributed by atoms with van der Waals surface area (Å²) < 4.78 is 0. The molecule has 82 valence electrons. The molecule has 3 heteroatoms. The topological polar surface area (TPSA) is 32.3 Å². The van der Waals surface area contributed by atoms with E-state index in [4.69, 9.17) is 0 Å². The summed E-state index contributed by atoms with van der Waals surface area (Å²) in [7, 11) is 5.97. The summed E-state index contributed by atoms with van der Waals surface area (Å²) in [4.78, 5) is 13.8. The first-order valence-corrected chi connectivity index (χ1v) is 5.45. The zero-order valence-corrected chi connectivity index (χ0v) is 9.76. The van der Waals surface area contributed by atoms with Gasteiger partial charge in [0.05, 0.1) is 0 Å². The van der Waals surface area contributed by atoms with Crippen molar-refractivity contribution in [1.82, 2.24) is 10.2 Å². The lowest BCUT2D eigenvalue weighted by Gasteiger charge is -2.35. The van der Waals surface area contributed by atoms with Gasteiger partial charge >= 0.3 is 0 Å². The normalized spacial score (nSPS) is 32.2. The number of hydrogen-bond donors (Lipinski definition) is 1. The van der Waals surface area contributed by atoms with Crippen LogP contribution in [0.5, 0.6) is 0 Å². The average molecular weight is 198 g/mol. The molecular weight excluding hydrogens is 176 g/mol. The first-order chi connectivity index (χ1) is 6.55. The first-order valence-electron chi connectivity index (χ1n) is 5.45. The zero-order valence-electron chi connectivity index (χ0n) is 9.76. The van der Waals surface area contributed by atoms with E-state index in [-0.39, 0.29) is 17.4 Å². The third kappa shape index (κ3) is 1.92. The fourth-order valence-corrected chi connectivity index (χ4v) is 2.58. The molecule has 0 heterocycles. The van der Waals surface area contributed by atoms with Gasteiger partial charge in [-0.1, -0.05) is 6.92 Å². The van der Waals surface area contributed by atoms with E-state index >= 15 is 0 Å². The van der Waals surface area contributed by atoms with Crippen LogP contribution in [0.25, 0.3) is 0 Å². The number of carbonyl (C=O) groups is 1. The smallest absolute Gasteiger partial charge is 0.222 e. The van der Waals surface area contributed by atoms with Crippen LogP contribution in [0.1, 0.15) is 32.6 Å². The molecule has 2 atom stereocenters. The van der Waals surface area contributed by atoms with Gasteiger partial charge in [-0.15, -0.1) is 0 Å². The van der Waals surface area contributed by atoms with Crippen LogP contribution in [0, 0.1) is 5.92 Å². The monoisotopic (exact) mass is 198 g/mol. The standard InChI is InChI=1S/C11H22N2O/c1-5-11(13(3)4)7-6-9(8-11)10(14)12-2/h9H,5-8H2,1-4H3,(H,12,14). The summed E-state index contributed by atoms with van der Waals surface area (Å²) in [6.07, 6.45) is 4.32. The molecule has 1 rings (SSSR count). The van der Waals surface area contributed by atoms with Gasteiger partial charge in [0.1, 0.15) is 0 Å². The molecule has 0 spiro atoms. The lowest BCUT2D eigenvalue weighted by molar-refractivity contribution is -0.124. The van der Waals surface area contributed by atoms with Crippen molar-refractivity contribution in [3.8, 4) is 0 Å². The van der Waals surface area contributed by atoms with Crippen molar-refractivity contribution in [3.63, 3.8) is 0 Å². The van der Waals surface area contributed by atoms with Crippen molar-refractivity contribution in [1.29, 1.82) is 0 Å². The van der Waals surface area contributed by atoms with Gasteiger partial charge in [-0.25, -0.2) is 0 Å². The van der Waals surface area contributed by atoms with Crippen LogP contribution in [0.2, 0.25) is 0 Å². The number of amides is 1. The molecule has 0 aromatic rings. The van der Waals surface area contributed by atoms with Crippen molar-refractivity contribution < 1.29 is 4.79 Å². The number of carbonyl (C=O) groups excluding carboxylic acids is 1. The number of nitrogens with zero attached hydrogens (tertiary/aromatic N) is 1. The molecular formula is C11H22N2O. The quantitative estimate of drug-likeness (QED) is 0.740. The van der Waals surface area contributed by atoms with Gasteiger partial charge in [-0.3, -0.25) is 4.79 Å². The molecule has 1 saturated carbocycles. The molecule has 0 saturated heterocycles. The van der Waals surface area contributed by atoms with E-state index in [1.54, 1.807) is 7.05 Å². The van der Waals surface area contributed by atoms with Gasteiger partial charge in [0.15, 0.2) is 0 Å². The minimum atomic E-state index is 0.210. The maximum atomic E-state index is 11.5. The van der Waals surface area contributed by atoms with Crippen molar-refractivity contribution in [2.24, 2.45) is 5.92 Å². The minimum Gasteiger partial charge on any atom is -0.359 e. The average Bonchev–Trinajstić information content (AvgIpc) is 2.62. The summed E-state index contributed by atoms with van der Waals surface area (Å²) in [5.41, 5.74) is 0.261. The van der Waals surface area contributed by atoms with Crippen LogP contribution in [0.4, 0.5) is 0 Å². The van der Waals surface area contributed by atoms with Crippen molar-refractivity contribution >= 4 is 5.91 Å². The van der Waals surface area contributed by atoms with Gasteiger partial charge in [-0.05, 0) is 39.8 Å². The van der Waals surface area contributed by atoms with E-state index in [9.17, 15) is 4.79 Å². The summed E-state index contributed by atoms with van der Waals surface area (Å²) >= 11 is 0. The summed E-state index contributed by atoms with van der Waals surface area (Å²) in [6.45, 7) is 2.21. The third-order valence-electron chi connectivity index (χ3n) is 3.81. The second kappa shape index (κ2) is 4.30. The molecule has 0 bridgehead atoms. The Hall–Kier alpha value is -0.570. The second-order valence-corrected chi connectivity index (χ2v) is 4.53. The van der Waals surface area contributed by atoms with Crippen molar-refractivity contribution in [2.75, 3.05) is 21.1 Å². The molecule has 0 aromatic carbocycles. The van der Waals surface area contributed by atoms with Crippen LogP contribution in [0.3, 0.4) is 0 Å². The number of rotatable bonds is 3. The Kier molecular flexibility index (Phi) is 3.53. The fourth-order valence-electron chi connectivity index (χ4n) is 2.58. The molecule has 1 N–H and O–H groups in total. The van der Waals surface area contributed by atoms with Gasteiger partial charge in [0.25, 0.3) is 0 Å². The molecule has 3 nitrogen and oxygen atoms in total. The van der Waals surface area contributed by atoms with E-state index in [1.807, 2.05) is 0 Å². The zero-order chi connectivity index (χ0) is 10.8. The van der Waals surface area contributed by atoms with Gasteiger partial charge < -0.3 is 10.2 Å². The van der Waals surface area contributed by atoms with E-state index in [2.05, 4.69) is 31.2 Å². The second-order valence-electron chi connectivity index (χ2n) is 4.53. The van der Waals surface area contributed by atoms with Crippen LogP contribution in [-0.4, -0.2) is 37.5 Å². The Balaban J connectivity index is 2.66. The highest BCUT2D eigenvalue weighted by Gasteiger charge is 2.41. The van der Waals surface area contributed by atoms with Gasteiger partial charge in [0.2, 0.25) is 5.91 Å². The van der Waals surface area contributed by atoms with E-state index < -0.39 is 0 Å². The van der Waals surface area contributed by atoms with Crippen molar-refractivity contribution in [2.45, 2.75) is 38.1 Å². The SMILES string of the molecule is CCC1(N(C)C)CCC(C(=O)NC)C1. The van der Waals surface area contributed by atoms with E-state index in [0.717, 1.165) is 25.7 Å². The lowest BCUT2D eigenvalue weighted by atomic mass is 9.91. The Labute approximate surface area is 86.9 Å². The Bertz CT molecular complexity index is 215. The summed E-state index contributed by atoms with van der Waals surface area (Å²) in [5.74, 6) is 0.435. The summed E-state index contributed by atoms with van der Waals surface area (Å²) in [6, 6.07) is 0. The highest BCUT2D eigenvalue weighted by atomic mass is 16.1. The van der Waals surface area contributed by atoms with Gasteiger partial charge in [-0.2, -0.15) is 0 Å². The van der Waals surface area contributed by atoms with Crippen LogP contribution in [-0.2, 0) is 4.79 Å². The van der Waals surface area contributed by atoms with Gasteiger partial charge in [0, 0.05) is 18.5 Å². The minimum absolute atomic E-state index is 0.210. The lowest BCUT2D eigenvalue weighted by Crippen LogP contribution is -2.42. The molecule has 1 amide bonds. The predicted molar refractivity (Wildman–Crippen MR) is 58.1 cm³/mol. The molecule has 1 aliphatic carbocycles. The molecule has 1 fully saturated rings.